The summed E-state index contributed by atoms with van der Waals surface area (Å²) < 4.78 is 56.8. The van der Waals surface area contributed by atoms with Gasteiger partial charge in [0.05, 0.1) is 11.5 Å². The van der Waals surface area contributed by atoms with E-state index in [0.717, 1.165) is 0 Å². The second-order valence-corrected chi connectivity index (χ2v) is 11.6. The normalized spacial score (nSPS) is 10.7. The first-order valence-electron chi connectivity index (χ1n) is 5.14. The Balaban J connectivity index is -0.000000174. The van der Waals surface area contributed by atoms with Crippen LogP contribution in [0.4, 0.5) is 0 Å². The fourth-order valence-electron chi connectivity index (χ4n) is 0.250. The first-order valence-corrected chi connectivity index (χ1v) is 12.4. The Morgan fingerprint density at radius 1 is 0.765 bits per heavy atom. The van der Waals surface area contributed by atoms with E-state index in [9.17, 15) is 16.8 Å². The summed E-state index contributed by atoms with van der Waals surface area (Å²) in [7, 11) is -7.32. The Bertz CT molecular complexity index is 301. The van der Waals surface area contributed by atoms with Crippen LogP contribution in [0, 0.1) is 0 Å². The molecule has 0 aromatic rings. The number of hydrogen-bond donors (Lipinski definition) is 2. The van der Waals surface area contributed by atoms with Gasteiger partial charge in [-0.25, -0.2) is 0 Å². The summed E-state index contributed by atoms with van der Waals surface area (Å²) in [5.41, 5.74) is 0. The zero-order valence-corrected chi connectivity index (χ0v) is 15.2. The van der Waals surface area contributed by atoms with Gasteiger partial charge in [-0.2, -0.15) is 16.8 Å². The van der Waals surface area contributed by atoms with Gasteiger partial charge in [0, 0.05) is 0 Å². The molecule has 2 N–H and O–H groups in total. The number of rotatable bonds is 4. The summed E-state index contributed by atoms with van der Waals surface area (Å²) in [6.45, 7) is 7.32. The standard InChI is InChI=1S/2C2H6O3S.2C2H5.Sn/c2*1-2-6(3,4)5;2*1-2;/h2*2H2,1H3,(H,3,4,5);2*1H2,2H3;. The topological polar surface area (TPSA) is 109 Å². The predicted octanol–water partition coefficient (Wildman–Crippen LogP) is 1.36. The zero-order chi connectivity index (χ0) is 14.5. The maximum atomic E-state index is 9.56. The van der Waals surface area contributed by atoms with Crippen LogP contribution in [0.25, 0.3) is 0 Å². The van der Waals surface area contributed by atoms with Crippen molar-refractivity contribution in [3.63, 3.8) is 0 Å². The van der Waals surface area contributed by atoms with Crippen LogP contribution in [0.2, 0.25) is 8.87 Å². The van der Waals surface area contributed by atoms with Gasteiger partial charge in [0.1, 0.15) is 0 Å². The first-order chi connectivity index (χ1) is 7.54. The van der Waals surface area contributed by atoms with Crippen molar-refractivity contribution >= 4 is 41.4 Å². The minimum atomic E-state index is -3.66. The average molecular weight is 397 g/mol. The molecular formula is C8H22O6S2Sn. The van der Waals surface area contributed by atoms with E-state index in [0.29, 0.717) is 0 Å². The second-order valence-electron chi connectivity index (χ2n) is 2.70. The molecular weight excluding hydrogens is 375 g/mol. The van der Waals surface area contributed by atoms with Crippen LogP contribution < -0.4 is 0 Å². The van der Waals surface area contributed by atoms with E-state index in [1.165, 1.54) is 22.7 Å². The Labute approximate surface area is 115 Å². The molecule has 0 spiro atoms. The van der Waals surface area contributed by atoms with Gasteiger partial charge in [-0.05, 0) is 13.8 Å². The molecule has 0 saturated carbocycles. The third-order valence-electron chi connectivity index (χ3n) is 1.23. The van der Waals surface area contributed by atoms with Crippen molar-refractivity contribution in [2.45, 2.75) is 36.6 Å². The van der Waals surface area contributed by atoms with E-state index in [1.807, 2.05) is 0 Å². The Hall–Kier alpha value is 0.619. The summed E-state index contributed by atoms with van der Waals surface area (Å²) in [6.07, 6.45) is 0. The summed E-state index contributed by atoms with van der Waals surface area (Å²) in [4.78, 5) is 0. The van der Waals surface area contributed by atoms with Gasteiger partial charge < -0.3 is 0 Å². The fraction of sp³-hybridized carbons (Fsp3) is 1.00. The summed E-state index contributed by atoms with van der Waals surface area (Å²) in [5.74, 6) is -0.403. The molecule has 0 bridgehead atoms. The molecule has 0 aliphatic rings. The van der Waals surface area contributed by atoms with E-state index in [2.05, 4.69) is 13.8 Å². The third kappa shape index (κ3) is 47.8. The van der Waals surface area contributed by atoms with Crippen LogP contribution in [0.15, 0.2) is 0 Å². The summed E-state index contributed by atoms with van der Waals surface area (Å²) >= 11 is 0.218. The number of hydrogen-bond acceptors (Lipinski definition) is 4. The maximum absolute atomic E-state index is 9.56. The van der Waals surface area contributed by atoms with E-state index in [1.54, 1.807) is 0 Å². The third-order valence-corrected chi connectivity index (χ3v) is 5.54. The molecule has 0 aromatic carbocycles. The molecule has 0 aliphatic heterocycles. The van der Waals surface area contributed by atoms with Crippen molar-refractivity contribution in [1.29, 1.82) is 0 Å². The minimum absolute atomic E-state index is 0.201. The molecule has 0 atom stereocenters. The second kappa shape index (κ2) is 13.1. The van der Waals surface area contributed by atoms with Crippen LogP contribution in [-0.2, 0) is 20.2 Å². The molecule has 0 amide bonds. The monoisotopic (exact) mass is 398 g/mol. The molecule has 0 rings (SSSR count). The molecule has 0 aliphatic carbocycles. The quantitative estimate of drug-likeness (QED) is 0.548. The molecule has 6 nitrogen and oxygen atoms in total. The van der Waals surface area contributed by atoms with Gasteiger partial charge in [0.25, 0.3) is 20.2 Å². The predicted molar refractivity (Wildman–Crippen MR) is 70.9 cm³/mol. The van der Waals surface area contributed by atoms with E-state index in [-0.39, 0.29) is 32.6 Å². The molecule has 0 heterocycles. The first kappa shape index (κ1) is 22.8. The molecule has 17 heavy (non-hydrogen) atoms. The summed E-state index contributed by atoms with van der Waals surface area (Å²) in [5, 5.41) is 0. The van der Waals surface area contributed by atoms with Crippen LogP contribution >= 0.6 is 0 Å². The Morgan fingerprint density at radius 2 is 0.941 bits per heavy atom. The van der Waals surface area contributed by atoms with Crippen molar-refractivity contribution in [1.82, 2.24) is 0 Å². The van der Waals surface area contributed by atoms with Crippen molar-refractivity contribution < 1.29 is 25.9 Å². The molecule has 2 radical (unpaired) electrons. The van der Waals surface area contributed by atoms with Gasteiger partial charge in [-0.3, -0.25) is 9.11 Å². The van der Waals surface area contributed by atoms with Gasteiger partial charge in [-0.1, -0.05) is 0 Å². The van der Waals surface area contributed by atoms with Crippen molar-refractivity contribution in [3.05, 3.63) is 0 Å². The van der Waals surface area contributed by atoms with Crippen LogP contribution in [-0.4, -0.2) is 58.6 Å². The molecule has 0 unspecified atom stereocenters. The molecule has 106 valence electrons. The molecule has 9 heteroatoms. The van der Waals surface area contributed by atoms with Gasteiger partial charge in [0.15, 0.2) is 0 Å². The van der Waals surface area contributed by atoms with Crippen molar-refractivity contribution in [2.24, 2.45) is 0 Å². The van der Waals surface area contributed by atoms with Crippen LogP contribution in [0.5, 0.6) is 0 Å². The van der Waals surface area contributed by atoms with Crippen LogP contribution in [0.1, 0.15) is 27.7 Å². The van der Waals surface area contributed by atoms with Gasteiger partial charge in [0.2, 0.25) is 0 Å². The summed E-state index contributed by atoms with van der Waals surface area (Å²) in [6, 6.07) is 0. The molecule has 0 aromatic heterocycles. The molecule has 0 fully saturated rings. The van der Waals surface area contributed by atoms with Gasteiger partial charge in [-0.15, -0.1) is 0 Å². The van der Waals surface area contributed by atoms with Crippen molar-refractivity contribution in [3.8, 4) is 0 Å². The van der Waals surface area contributed by atoms with E-state index < -0.39 is 20.2 Å². The van der Waals surface area contributed by atoms with E-state index >= 15 is 0 Å². The SMILES string of the molecule is CCS(=O)(=O)O.CCS(=O)(=O)O.C[CH2][Sn][CH2]C. The fourth-order valence-corrected chi connectivity index (χ4v) is 1.68. The zero-order valence-electron chi connectivity index (χ0n) is 10.7. The van der Waals surface area contributed by atoms with Crippen LogP contribution in [0.3, 0.4) is 0 Å². The Kier molecular flexibility index (Phi) is 17.5. The van der Waals surface area contributed by atoms with Crippen molar-refractivity contribution in [2.75, 3.05) is 11.5 Å². The van der Waals surface area contributed by atoms with E-state index in [4.69, 9.17) is 9.11 Å². The molecule has 0 saturated heterocycles. The van der Waals surface area contributed by atoms with Gasteiger partial charge >= 0.3 is 43.9 Å². The Morgan fingerprint density at radius 3 is 0.941 bits per heavy atom. The average Bonchev–Trinajstić information content (AvgIpc) is 2.19.